The molecule has 170 valence electrons. The Morgan fingerprint density at radius 2 is 1.94 bits per heavy atom. The lowest BCUT2D eigenvalue weighted by molar-refractivity contribution is 0.0190. The van der Waals surface area contributed by atoms with Crippen LogP contribution in [0, 0.1) is 5.82 Å². The summed E-state index contributed by atoms with van der Waals surface area (Å²) in [5.41, 5.74) is 3.37. The van der Waals surface area contributed by atoms with E-state index < -0.39 is 0 Å². The molecule has 0 spiro atoms. The van der Waals surface area contributed by atoms with Crippen molar-refractivity contribution in [1.82, 2.24) is 34.5 Å². The molecule has 4 aromatic rings. The zero-order chi connectivity index (χ0) is 22.4. The number of piperidine rings is 1. The van der Waals surface area contributed by atoms with E-state index >= 15 is 0 Å². The maximum Gasteiger partial charge on any atom is 0.141 e. The average molecular weight is 466 g/mol. The van der Waals surface area contributed by atoms with E-state index in [1.165, 1.54) is 6.07 Å². The van der Waals surface area contributed by atoms with Crippen LogP contribution in [0.2, 0.25) is 5.02 Å². The molecule has 33 heavy (non-hydrogen) atoms. The Kier molecular flexibility index (Phi) is 5.36. The van der Waals surface area contributed by atoms with Gasteiger partial charge in [-0.1, -0.05) is 17.7 Å². The number of H-pyrrole nitrogens is 1. The zero-order valence-electron chi connectivity index (χ0n) is 18.2. The summed E-state index contributed by atoms with van der Waals surface area (Å²) in [5, 5.41) is 6.15. The van der Waals surface area contributed by atoms with Crippen molar-refractivity contribution in [2.24, 2.45) is 0 Å². The van der Waals surface area contributed by atoms with Crippen LogP contribution in [0.25, 0.3) is 22.3 Å². The van der Waals surface area contributed by atoms with Gasteiger partial charge in [0.1, 0.15) is 17.8 Å². The number of hydrogen-bond acceptors (Lipinski definition) is 5. The maximum atomic E-state index is 14.1. The third-order valence-corrected chi connectivity index (χ3v) is 7.36. The lowest BCUT2D eigenvalue weighted by atomic mass is 9.97. The van der Waals surface area contributed by atoms with E-state index in [2.05, 4.69) is 40.7 Å². The van der Waals surface area contributed by atoms with E-state index in [0.29, 0.717) is 29.2 Å². The minimum absolute atomic E-state index is 0.215. The first kappa shape index (κ1) is 20.8. The van der Waals surface area contributed by atoms with Gasteiger partial charge in [0, 0.05) is 59.6 Å². The predicted molar refractivity (Wildman–Crippen MR) is 125 cm³/mol. The van der Waals surface area contributed by atoms with Gasteiger partial charge in [-0.25, -0.2) is 14.4 Å². The third kappa shape index (κ3) is 3.92. The van der Waals surface area contributed by atoms with Gasteiger partial charge in [0.25, 0.3) is 0 Å². The number of aromatic amines is 1. The molecule has 5 heterocycles. The molecule has 2 aliphatic heterocycles. The minimum atomic E-state index is -0.215. The Morgan fingerprint density at radius 1 is 1.09 bits per heavy atom. The first-order valence-corrected chi connectivity index (χ1v) is 11.8. The minimum Gasteiger partial charge on any atom is -0.346 e. The highest BCUT2D eigenvalue weighted by molar-refractivity contribution is 6.31. The first-order valence-electron chi connectivity index (χ1n) is 11.4. The summed E-state index contributed by atoms with van der Waals surface area (Å²) in [6, 6.07) is 7.87. The van der Waals surface area contributed by atoms with Gasteiger partial charge in [0.05, 0.1) is 17.9 Å². The molecule has 3 aromatic heterocycles. The third-order valence-electron chi connectivity index (χ3n) is 7.01. The van der Waals surface area contributed by atoms with Crippen molar-refractivity contribution in [2.75, 3.05) is 26.2 Å². The van der Waals surface area contributed by atoms with Crippen LogP contribution >= 0.6 is 11.6 Å². The molecular formula is C24H25ClFN7. The fourth-order valence-corrected chi connectivity index (χ4v) is 5.29. The largest absolute Gasteiger partial charge is 0.346 e. The summed E-state index contributed by atoms with van der Waals surface area (Å²) >= 11 is 6.21. The van der Waals surface area contributed by atoms with E-state index in [1.54, 1.807) is 18.5 Å². The topological polar surface area (TPSA) is 65.9 Å². The highest BCUT2D eigenvalue weighted by atomic mass is 35.5. The Morgan fingerprint density at radius 3 is 2.76 bits per heavy atom. The molecule has 2 saturated heterocycles. The molecule has 0 saturated carbocycles. The first-order chi connectivity index (χ1) is 16.2. The van der Waals surface area contributed by atoms with Gasteiger partial charge in [-0.3, -0.25) is 14.5 Å². The molecule has 0 unspecified atom stereocenters. The smallest absolute Gasteiger partial charge is 0.141 e. The van der Waals surface area contributed by atoms with Crippen molar-refractivity contribution in [2.45, 2.75) is 31.5 Å². The van der Waals surface area contributed by atoms with Gasteiger partial charge in [0.15, 0.2) is 0 Å². The number of likely N-dealkylation sites (tertiary alicyclic amines) is 2. The average Bonchev–Trinajstić information content (AvgIpc) is 3.46. The Hall–Kier alpha value is -2.81. The zero-order valence-corrected chi connectivity index (χ0v) is 18.9. The SMILES string of the molecule is Fc1cccc(Cl)c1CN1CCC(N2CC(n3cc(-c4ncnc5[nH]ccc45)cn3)C2)CC1. The molecule has 9 heteroatoms. The van der Waals surface area contributed by atoms with Crippen LogP contribution in [0.5, 0.6) is 0 Å². The van der Waals surface area contributed by atoms with Crippen LogP contribution < -0.4 is 0 Å². The molecule has 0 aliphatic carbocycles. The Bertz CT molecular complexity index is 1250. The molecule has 1 N–H and O–H groups in total. The number of rotatable bonds is 5. The van der Waals surface area contributed by atoms with Crippen molar-refractivity contribution in [3.63, 3.8) is 0 Å². The second-order valence-electron chi connectivity index (χ2n) is 8.99. The van der Waals surface area contributed by atoms with Crippen LogP contribution in [-0.4, -0.2) is 66.8 Å². The van der Waals surface area contributed by atoms with Crippen molar-refractivity contribution >= 4 is 22.6 Å². The number of nitrogens with zero attached hydrogens (tertiary/aromatic N) is 6. The number of halogens is 2. The summed E-state index contributed by atoms with van der Waals surface area (Å²) in [4.78, 5) is 16.7. The molecule has 1 aromatic carbocycles. The van der Waals surface area contributed by atoms with E-state index in [9.17, 15) is 4.39 Å². The normalized spacial score (nSPS) is 18.7. The maximum absolute atomic E-state index is 14.1. The van der Waals surface area contributed by atoms with Crippen molar-refractivity contribution in [1.29, 1.82) is 0 Å². The molecule has 0 radical (unpaired) electrons. The molecule has 2 aliphatic rings. The van der Waals surface area contributed by atoms with Crippen LogP contribution in [0.15, 0.2) is 49.2 Å². The second kappa shape index (κ2) is 8.52. The fourth-order valence-electron chi connectivity index (χ4n) is 5.07. The number of nitrogens with one attached hydrogen (secondary N) is 1. The molecule has 0 bridgehead atoms. The second-order valence-corrected chi connectivity index (χ2v) is 9.39. The van der Waals surface area contributed by atoms with Gasteiger partial charge in [-0.15, -0.1) is 0 Å². The van der Waals surface area contributed by atoms with Gasteiger partial charge in [-0.2, -0.15) is 5.10 Å². The van der Waals surface area contributed by atoms with E-state index in [4.69, 9.17) is 11.6 Å². The summed E-state index contributed by atoms with van der Waals surface area (Å²) in [6.45, 7) is 4.52. The summed E-state index contributed by atoms with van der Waals surface area (Å²) in [7, 11) is 0. The number of benzene rings is 1. The van der Waals surface area contributed by atoms with Crippen LogP contribution in [0.1, 0.15) is 24.4 Å². The summed E-state index contributed by atoms with van der Waals surface area (Å²) in [6.07, 6.45) is 9.64. The molecular weight excluding hydrogens is 441 g/mol. The monoisotopic (exact) mass is 465 g/mol. The van der Waals surface area contributed by atoms with Crippen molar-refractivity contribution in [3.05, 3.63) is 65.6 Å². The van der Waals surface area contributed by atoms with Crippen molar-refractivity contribution in [3.8, 4) is 11.3 Å². The highest BCUT2D eigenvalue weighted by Crippen LogP contribution is 2.31. The van der Waals surface area contributed by atoms with E-state index in [-0.39, 0.29) is 5.82 Å². The molecule has 0 amide bonds. The van der Waals surface area contributed by atoms with Crippen molar-refractivity contribution < 1.29 is 4.39 Å². The fraction of sp³-hybridized carbons (Fsp3) is 0.375. The van der Waals surface area contributed by atoms with E-state index in [0.717, 1.165) is 61.3 Å². The van der Waals surface area contributed by atoms with Gasteiger partial charge in [-0.05, 0) is 44.1 Å². The Balaban J connectivity index is 1.04. The lowest BCUT2D eigenvalue weighted by Crippen LogP contribution is -2.55. The standard InChI is InChI=1S/C24H25ClFN7/c25-21-2-1-3-22(26)20(21)14-31-8-5-17(6-9-31)32-12-18(13-32)33-11-16(10-30-33)23-19-4-7-27-24(19)29-15-28-23/h1-4,7,10-11,15,17-18H,5-6,8-9,12-14H2,(H,27,28,29). The number of fused-ring (bicyclic) bond motifs is 1. The van der Waals surface area contributed by atoms with Crippen LogP contribution in [-0.2, 0) is 6.54 Å². The lowest BCUT2D eigenvalue weighted by Gasteiger charge is -2.47. The van der Waals surface area contributed by atoms with Gasteiger partial charge in [0.2, 0.25) is 0 Å². The van der Waals surface area contributed by atoms with E-state index in [1.807, 2.05) is 18.5 Å². The molecule has 7 nitrogen and oxygen atoms in total. The number of hydrogen-bond donors (Lipinski definition) is 1. The number of aromatic nitrogens is 5. The summed E-state index contributed by atoms with van der Waals surface area (Å²) < 4.78 is 16.2. The predicted octanol–water partition coefficient (Wildman–Crippen LogP) is 4.14. The molecule has 6 rings (SSSR count). The van der Waals surface area contributed by atoms with Gasteiger partial charge >= 0.3 is 0 Å². The quantitative estimate of drug-likeness (QED) is 0.480. The Labute approximate surface area is 196 Å². The highest BCUT2D eigenvalue weighted by Gasteiger charge is 2.35. The molecule has 0 atom stereocenters. The summed E-state index contributed by atoms with van der Waals surface area (Å²) in [5.74, 6) is -0.215. The molecule has 2 fully saturated rings. The van der Waals surface area contributed by atoms with Gasteiger partial charge < -0.3 is 4.98 Å². The van der Waals surface area contributed by atoms with Crippen LogP contribution in [0.3, 0.4) is 0 Å². The van der Waals surface area contributed by atoms with Crippen LogP contribution in [0.4, 0.5) is 4.39 Å².